The molecule has 19 heavy (non-hydrogen) atoms. The van der Waals surface area contributed by atoms with Crippen molar-refractivity contribution in [2.45, 2.75) is 6.54 Å². The molecule has 0 spiro atoms. The van der Waals surface area contributed by atoms with Crippen molar-refractivity contribution in [3.05, 3.63) is 61.3 Å². The lowest BCUT2D eigenvalue weighted by atomic mass is 10.2. The molecule has 0 amide bonds. The quantitative estimate of drug-likeness (QED) is 0.626. The van der Waals surface area contributed by atoms with Crippen LogP contribution in [-0.4, -0.2) is 0 Å². The van der Waals surface area contributed by atoms with E-state index in [2.05, 4.69) is 21.2 Å². The molecule has 1 N–H and O–H groups in total. The van der Waals surface area contributed by atoms with Crippen LogP contribution < -0.4 is 5.32 Å². The number of hydrogen-bond acceptors (Lipinski definition) is 1. The molecule has 100 valence electrons. The van der Waals surface area contributed by atoms with Crippen molar-refractivity contribution in [2.24, 2.45) is 0 Å². The average Bonchev–Trinajstić information content (AvgIpc) is 2.36. The number of halogens is 5. The molecule has 0 heterocycles. The van der Waals surface area contributed by atoms with Crippen LogP contribution in [0.2, 0.25) is 15.1 Å². The second-order valence-corrected chi connectivity index (χ2v) is 5.91. The molecule has 0 unspecified atom stereocenters. The van der Waals surface area contributed by atoms with Crippen LogP contribution in [0.1, 0.15) is 5.56 Å². The fourth-order valence-corrected chi connectivity index (χ4v) is 2.56. The smallest absolute Gasteiger partial charge is 0.147 e. The number of anilines is 1. The van der Waals surface area contributed by atoms with Crippen LogP contribution in [0.3, 0.4) is 0 Å². The Hall–Kier alpha value is -0.480. The Bertz CT molecular complexity index is 619. The van der Waals surface area contributed by atoms with Crippen LogP contribution in [0.15, 0.2) is 34.8 Å². The molecule has 0 aliphatic heterocycles. The Labute approximate surface area is 133 Å². The highest BCUT2D eigenvalue weighted by Gasteiger charge is 2.10. The summed E-state index contributed by atoms with van der Waals surface area (Å²) in [6, 6.07) is 8.03. The van der Waals surface area contributed by atoms with Crippen molar-refractivity contribution in [3.63, 3.8) is 0 Å². The van der Waals surface area contributed by atoms with Gasteiger partial charge in [0.15, 0.2) is 0 Å². The van der Waals surface area contributed by atoms with E-state index >= 15 is 0 Å². The molecular weight excluding hydrogens is 375 g/mol. The van der Waals surface area contributed by atoms with Gasteiger partial charge in [0.1, 0.15) is 5.82 Å². The molecule has 0 radical (unpaired) electrons. The lowest BCUT2D eigenvalue weighted by Gasteiger charge is -2.11. The molecule has 2 aromatic rings. The number of benzene rings is 2. The molecule has 2 aromatic carbocycles. The monoisotopic (exact) mass is 381 g/mol. The normalized spacial score (nSPS) is 10.6. The van der Waals surface area contributed by atoms with Gasteiger partial charge in [-0.1, -0.05) is 50.7 Å². The van der Waals surface area contributed by atoms with Crippen molar-refractivity contribution >= 4 is 56.4 Å². The first-order valence-electron chi connectivity index (χ1n) is 5.30. The first kappa shape index (κ1) is 14.9. The highest BCUT2D eigenvalue weighted by Crippen LogP contribution is 2.32. The van der Waals surface area contributed by atoms with Gasteiger partial charge in [-0.2, -0.15) is 0 Å². The predicted molar refractivity (Wildman–Crippen MR) is 82.9 cm³/mol. The molecule has 2 rings (SSSR count). The van der Waals surface area contributed by atoms with E-state index in [0.717, 1.165) is 0 Å². The fourth-order valence-electron chi connectivity index (χ4n) is 1.55. The fraction of sp³-hybridized carbons (Fsp3) is 0.0769. The molecule has 0 saturated heterocycles. The zero-order valence-corrected chi connectivity index (χ0v) is 13.3. The van der Waals surface area contributed by atoms with E-state index in [9.17, 15) is 4.39 Å². The van der Waals surface area contributed by atoms with Gasteiger partial charge in [-0.15, -0.1) is 0 Å². The van der Waals surface area contributed by atoms with Crippen LogP contribution in [-0.2, 0) is 6.54 Å². The van der Waals surface area contributed by atoms with Crippen molar-refractivity contribution in [1.82, 2.24) is 0 Å². The number of hydrogen-bond donors (Lipinski definition) is 1. The zero-order chi connectivity index (χ0) is 14.0. The third-order valence-corrected chi connectivity index (χ3v) is 4.22. The summed E-state index contributed by atoms with van der Waals surface area (Å²) in [5.41, 5.74) is 1.01. The van der Waals surface area contributed by atoms with Gasteiger partial charge in [-0.05, 0) is 30.3 Å². The maximum absolute atomic E-state index is 13.6. The molecular formula is C13H8BrCl3FN. The Morgan fingerprint density at radius 3 is 2.42 bits per heavy atom. The summed E-state index contributed by atoms with van der Waals surface area (Å²) < 4.78 is 14.3. The topological polar surface area (TPSA) is 12.0 Å². The van der Waals surface area contributed by atoms with Gasteiger partial charge >= 0.3 is 0 Å². The van der Waals surface area contributed by atoms with Crippen molar-refractivity contribution in [1.29, 1.82) is 0 Å². The minimum atomic E-state index is -0.358. The maximum Gasteiger partial charge on any atom is 0.147 e. The minimum Gasteiger partial charge on any atom is -0.378 e. The highest BCUT2D eigenvalue weighted by atomic mass is 79.9. The van der Waals surface area contributed by atoms with E-state index in [1.807, 2.05) is 0 Å². The second kappa shape index (κ2) is 6.31. The maximum atomic E-state index is 13.6. The Morgan fingerprint density at radius 1 is 1.05 bits per heavy atom. The van der Waals surface area contributed by atoms with Crippen molar-refractivity contribution in [3.8, 4) is 0 Å². The molecule has 0 bridgehead atoms. The molecule has 0 aliphatic rings. The van der Waals surface area contributed by atoms with E-state index < -0.39 is 0 Å². The summed E-state index contributed by atoms with van der Waals surface area (Å²) in [6.07, 6.45) is 0. The zero-order valence-electron chi connectivity index (χ0n) is 9.48. The largest absolute Gasteiger partial charge is 0.378 e. The first-order chi connectivity index (χ1) is 8.99. The molecule has 0 atom stereocenters. The summed E-state index contributed by atoms with van der Waals surface area (Å²) in [5.74, 6) is -0.358. The number of nitrogens with one attached hydrogen (secondary N) is 1. The van der Waals surface area contributed by atoms with Crippen LogP contribution >= 0.6 is 50.7 Å². The van der Waals surface area contributed by atoms with Crippen LogP contribution in [0.4, 0.5) is 10.1 Å². The van der Waals surface area contributed by atoms with E-state index in [1.165, 1.54) is 6.07 Å². The Kier molecular flexibility index (Phi) is 4.96. The number of rotatable bonds is 3. The van der Waals surface area contributed by atoms with Gasteiger partial charge in [0, 0.05) is 21.6 Å². The van der Waals surface area contributed by atoms with Gasteiger partial charge in [0.05, 0.1) is 15.7 Å². The van der Waals surface area contributed by atoms with Gasteiger partial charge < -0.3 is 5.32 Å². The SMILES string of the molecule is Fc1cc(Br)ccc1NCc1c(Cl)ccc(Cl)c1Cl. The van der Waals surface area contributed by atoms with Gasteiger partial charge in [-0.3, -0.25) is 0 Å². The first-order valence-corrected chi connectivity index (χ1v) is 7.23. The Balaban J connectivity index is 2.21. The summed E-state index contributed by atoms with van der Waals surface area (Å²) in [5, 5.41) is 4.22. The molecule has 0 aromatic heterocycles. The molecule has 0 saturated carbocycles. The van der Waals surface area contributed by atoms with E-state index in [4.69, 9.17) is 34.8 Å². The third kappa shape index (κ3) is 3.54. The van der Waals surface area contributed by atoms with E-state index in [-0.39, 0.29) is 12.4 Å². The van der Waals surface area contributed by atoms with Crippen molar-refractivity contribution < 1.29 is 4.39 Å². The summed E-state index contributed by atoms with van der Waals surface area (Å²) in [7, 11) is 0. The van der Waals surface area contributed by atoms with E-state index in [0.29, 0.717) is 30.8 Å². The molecule has 0 fully saturated rings. The highest BCUT2D eigenvalue weighted by molar-refractivity contribution is 9.10. The lowest BCUT2D eigenvalue weighted by Crippen LogP contribution is -2.03. The lowest BCUT2D eigenvalue weighted by molar-refractivity contribution is 0.629. The summed E-state index contributed by atoms with van der Waals surface area (Å²) in [4.78, 5) is 0. The minimum absolute atomic E-state index is 0.288. The van der Waals surface area contributed by atoms with Gasteiger partial charge in [-0.25, -0.2) is 4.39 Å². The predicted octanol–water partition coefficient (Wildman–Crippen LogP) is 6.16. The molecule has 1 nitrogen and oxygen atoms in total. The molecule has 0 aliphatic carbocycles. The van der Waals surface area contributed by atoms with Crippen LogP contribution in [0.25, 0.3) is 0 Å². The average molecular weight is 383 g/mol. The van der Waals surface area contributed by atoms with E-state index in [1.54, 1.807) is 24.3 Å². The van der Waals surface area contributed by atoms with Crippen LogP contribution in [0, 0.1) is 5.82 Å². The van der Waals surface area contributed by atoms with Gasteiger partial charge in [0.2, 0.25) is 0 Å². The van der Waals surface area contributed by atoms with Crippen LogP contribution in [0.5, 0.6) is 0 Å². The Morgan fingerprint density at radius 2 is 1.74 bits per heavy atom. The standard InChI is InChI=1S/C13H8BrCl3FN/c14-7-1-4-12(11(18)5-7)19-6-8-9(15)2-3-10(16)13(8)17/h1-5,19H,6H2. The van der Waals surface area contributed by atoms with Gasteiger partial charge in [0.25, 0.3) is 0 Å². The van der Waals surface area contributed by atoms with Crippen molar-refractivity contribution in [2.75, 3.05) is 5.32 Å². The molecule has 6 heteroatoms. The second-order valence-electron chi connectivity index (χ2n) is 3.80. The summed E-state index contributed by atoms with van der Waals surface area (Å²) >= 11 is 21.2. The summed E-state index contributed by atoms with van der Waals surface area (Å²) in [6.45, 7) is 0.288. The third-order valence-electron chi connectivity index (χ3n) is 2.53.